The third-order valence-corrected chi connectivity index (χ3v) is 4.39. The molecule has 1 N–H and O–H groups in total. The first-order valence-electron chi connectivity index (χ1n) is 8.19. The maximum absolute atomic E-state index is 13.0. The molecule has 1 amide bonds. The third kappa shape index (κ3) is 4.50. The summed E-state index contributed by atoms with van der Waals surface area (Å²) < 4.78 is 24.5. The Hall–Kier alpha value is -1.50. The lowest BCUT2D eigenvalue weighted by Crippen LogP contribution is -2.44. The number of piperidine rings is 1. The lowest BCUT2D eigenvalue weighted by Gasteiger charge is -2.33. The Bertz CT molecular complexity index is 517. The van der Waals surface area contributed by atoms with Crippen LogP contribution in [0.2, 0.25) is 0 Å². The van der Waals surface area contributed by atoms with Crippen LogP contribution in [0.25, 0.3) is 0 Å². The van der Waals surface area contributed by atoms with Crippen molar-refractivity contribution in [2.75, 3.05) is 39.4 Å². The monoisotopic (exact) mass is 322 g/mol. The lowest BCUT2D eigenvalue weighted by molar-refractivity contribution is -0.146. The zero-order chi connectivity index (χ0) is 16.1. The van der Waals surface area contributed by atoms with Crippen molar-refractivity contribution >= 4 is 5.91 Å². The molecule has 2 fully saturated rings. The molecule has 1 aromatic rings. The second-order valence-electron chi connectivity index (χ2n) is 6.01. The number of carbonyl (C=O) groups is 1. The van der Waals surface area contributed by atoms with Gasteiger partial charge in [-0.2, -0.15) is 0 Å². The molecular formula is C17H23FN2O3. The molecule has 0 bridgehead atoms. The fourth-order valence-corrected chi connectivity index (χ4v) is 3.00. The standard InChI is InChI=1S/C17H23FN2O3/c18-14-3-1-13(2-4-14)16-11-20(9-10-22-16)17(21)12-23-15-5-7-19-8-6-15/h1-4,15-16,19H,5-12H2. The predicted molar refractivity (Wildman–Crippen MR) is 83.5 cm³/mol. The third-order valence-electron chi connectivity index (χ3n) is 4.39. The molecule has 1 unspecified atom stereocenters. The minimum Gasteiger partial charge on any atom is -0.370 e. The molecule has 1 atom stereocenters. The number of morpholine rings is 1. The quantitative estimate of drug-likeness (QED) is 0.913. The molecule has 2 saturated heterocycles. The molecule has 0 aromatic heterocycles. The Kier molecular flexibility index (Phi) is 5.59. The summed E-state index contributed by atoms with van der Waals surface area (Å²) in [6.45, 7) is 3.57. The number of rotatable bonds is 4. The minimum absolute atomic E-state index is 0.000977. The van der Waals surface area contributed by atoms with Crippen LogP contribution in [0.3, 0.4) is 0 Å². The SMILES string of the molecule is O=C(COC1CCNCC1)N1CCOC(c2ccc(F)cc2)C1. The van der Waals surface area contributed by atoms with Gasteiger partial charge in [0.25, 0.3) is 0 Å². The van der Waals surface area contributed by atoms with Gasteiger partial charge in [-0.1, -0.05) is 12.1 Å². The van der Waals surface area contributed by atoms with E-state index in [1.165, 1.54) is 12.1 Å². The van der Waals surface area contributed by atoms with E-state index in [-0.39, 0.29) is 30.5 Å². The van der Waals surface area contributed by atoms with E-state index in [0.717, 1.165) is 31.5 Å². The van der Waals surface area contributed by atoms with E-state index in [0.29, 0.717) is 19.7 Å². The number of hydrogen-bond donors (Lipinski definition) is 1. The topological polar surface area (TPSA) is 50.8 Å². The number of benzene rings is 1. The molecule has 0 saturated carbocycles. The second-order valence-corrected chi connectivity index (χ2v) is 6.01. The van der Waals surface area contributed by atoms with E-state index in [4.69, 9.17) is 9.47 Å². The van der Waals surface area contributed by atoms with Crippen LogP contribution in [0.4, 0.5) is 4.39 Å². The molecule has 0 spiro atoms. The van der Waals surface area contributed by atoms with Crippen molar-refractivity contribution in [3.63, 3.8) is 0 Å². The van der Waals surface area contributed by atoms with Crippen LogP contribution in [-0.2, 0) is 14.3 Å². The van der Waals surface area contributed by atoms with Crippen molar-refractivity contribution in [1.29, 1.82) is 0 Å². The van der Waals surface area contributed by atoms with Crippen LogP contribution >= 0.6 is 0 Å². The predicted octanol–water partition coefficient (Wildman–Crippen LogP) is 1.49. The van der Waals surface area contributed by atoms with E-state index >= 15 is 0 Å². The number of nitrogens with one attached hydrogen (secondary N) is 1. The number of nitrogens with zero attached hydrogens (tertiary/aromatic N) is 1. The largest absolute Gasteiger partial charge is 0.370 e. The van der Waals surface area contributed by atoms with E-state index in [9.17, 15) is 9.18 Å². The second kappa shape index (κ2) is 7.86. The van der Waals surface area contributed by atoms with Crippen LogP contribution in [0, 0.1) is 5.82 Å². The molecule has 2 aliphatic rings. The summed E-state index contributed by atoms with van der Waals surface area (Å²) in [5.41, 5.74) is 0.892. The summed E-state index contributed by atoms with van der Waals surface area (Å²) >= 11 is 0. The molecular weight excluding hydrogens is 299 g/mol. The summed E-state index contributed by atoms with van der Waals surface area (Å²) in [4.78, 5) is 14.1. The number of carbonyl (C=O) groups excluding carboxylic acids is 1. The van der Waals surface area contributed by atoms with Gasteiger partial charge in [0, 0.05) is 6.54 Å². The van der Waals surface area contributed by atoms with Crippen molar-refractivity contribution in [2.45, 2.75) is 25.0 Å². The normalized spacial score (nSPS) is 23.0. The van der Waals surface area contributed by atoms with Crippen molar-refractivity contribution in [3.05, 3.63) is 35.6 Å². The molecule has 0 radical (unpaired) electrons. The number of halogens is 1. The van der Waals surface area contributed by atoms with Crippen molar-refractivity contribution in [3.8, 4) is 0 Å². The van der Waals surface area contributed by atoms with Gasteiger partial charge in [0.1, 0.15) is 18.5 Å². The molecule has 6 heteroatoms. The zero-order valence-corrected chi connectivity index (χ0v) is 13.2. The zero-order valence-electron chi connectivity index (χ0n) is 13.2. The molecule has 126 valence electrons. The van der Waals surface area contributed by atoms with Crippen LogP contribution in [-0.4, -0.2) is 56.3 Å². The van der Waals surface area contributed by atoms with Crippen molar-refractivity contribution in [1.82, 2.24) is 10.2 Å². The molecule has 23 heavy (non-hydrogen) atoms. The first-order chi connectivity index (χ1) is 11.2. The van der Waals surface area contributed by atoms with E-state index in [2.05, 4.69) is 5.32 Å². The van der Waals surface area contributed by atoms with Crippen LogP contribution in [0.5, 0.6) is 0 Å². The Morgan fingerprint density at radius 1 is 1.30 bits per heavy atom. The highest BCUT2D eigenvalue weighted by molar-refractivity contribution is 5.77. The van der Waals surface area contributed by atoms with Gasteiger partial charge in [-0.3, -0.25) is 4.79 Å². The Labute approximate surface area is 135 Å². The van der Waals surface area contributed by atoms with Crippen LogP contribution in [0.15, 0.2) is 24.3 Å². The first kappa shape index (κ1) is 16.4. The average Bonchev–Trinajstić information content (AvgIpc) is 2.61. The highest BCUT2D eigenvalue weighted by atomic mass is 19.1. The fraction of sp³-hybridized carbons (Fsp3) is 0.588. The molecule has 0 aliphatic carbocycles. The Morgan fingerprint density at radius 2 is 2.04 bits per heavy atom. The van der Waals surface area contributed by atoms with Crippen LogP contribution < -0.4 is 5.32 Å². The Balaban J connectivity index is 1.51. The van der Waals surface area contributed by atoms with Crippen LogP contribution in [0.1, 0.15) is 24.5 Å². The van der Waals surface area contributed by atoms with Gasteiger partial charge >= 0.3 is 0 Å². The van der Waals surface area contributed by atoms with E-state index in [1.807, 2.05) is 0 Å². The molecule has 1 aromatic carbocycles. The number of ether oxygens (including phenoxy) is 2. The highest BCUT2D eigenvalue weighted by Crippen LogP contribution is 2.22. The van der Waals surface area contributed by atoms with Gasteiger partial charge in [0.15, 0.2) is 0 Å². The summed E-state index contributed by atoms with van der Waals surface area (Å²) in [7, 11) is 0. The number of hydrogen-bond acceptors (Lipinski definition) is 4. The van der Waals surface area contributed by atoms with Gasteiger partial charge in [0.2, 0.25) is 5.91 Å². The van der Waals surface area contributed by atoms with Gasteiger partial charge in [-0.15, -0.1) is 0 Å². The first-order valence-corrected chi connectivity index (χ1v) is 8.19. The molecule has 2 aliphatic heterocycles. The maximum atomic E-state index is 13.0. The maximum Gasteiger partial charge on any atom is 0.248 e. The summed E-state index contributed by atoms with van der Waals surface area (Å²) in [5.74, 6) is -0.271. The smallest absolute Gasteiger partial charge is 0.248 e. The van der Waals surface area contributed by atoms with Gasteiger partial charge in [-0.05, 0) is 43.6 Å². The summed E-state index contributed by atoms with van der Waals surface area (Å²) in [6.07, 6.45) is 1.88. The summed E-state index contributed by atoms with van der Waals surface area (Å²) in [6, 6.07) is 6.25. The van der Waals surface area contributed by atoms with Crippen molar-refractivity contribution < 1.29 is 18.7 Å². The molecule has 2 heterocycles. The fourth-order valence-electron chi connectivity index (χ4n) is 3.00. The molecule has 3 rings (SSSR count). The molecule has 5 nitrogen and oxygen atoms in total. The van der Waals surface area contributed by atoms with E-state index in [1.54, 1.807) is 17.0 Å². The minimum atomic E-state index is -0.270. The lowest BCUT2D eigenvalue weighted by atomic mass is 10.1. The van der Waals surface area contributed by atoms with Gasteiger partial charge in [-0.25, -0.2) is 4.39 Å². The average molecular weight is 322 g/mol. The van der Waals surface area contributed by atoms with Crippen molar-refractivity contribution in [2.24, 2.45) is 0 Å². The summed E-state index contributed by atoms with van der Waals surface area (Å²) in [5, 5.41) is 3.28. The Morgan fingerprint density at radius 3 is 2.78 bits per heavy atom. The van der Waals surface area contributed by atoms with Gasteiger partial charge < -0.3 is 19.7 Å². The number of amides is 1. The highest BCUT2D eigenvalue weighted by Gasteiger charge is 2.26. The van der Waals surface area contributed by atoms with Gasteiger partial charge in [0.05, 0.1) is 19.3 Å². The van der Waals surface area contributed by atoms with E-state index < -0.39 is 0 Å².